The number of halogens is 1. The van der Waals surface area contributed by atoms with Crippen molar-refractivity contribution in [3.8, 4) is 17.0 Å². The number of aromatic nitrogens is 1. The van der Waals surface area contributed by atoms with E-state index in [1.165, 1.54) is 0 Å². The molecule has 0 radical (unpaired) electrons. The lowest BCUT2D eigenvalue weighted by Crippen LogP contribution is -2.12. The van der Waals surface area contributed by atoms with E-state index < -0.39 is 0 Å². The molecule has 7 heteroatoms. The fourth-order valence-electron chi connectivity index (χ4n) is 2.57. The van der Waals surface area contributed by atoms with Gasteiger partial charge < -0.3 is 10.1 Å². The zero-order chi connectivity index (χ0) is 20.1. The summed E-state index contributed by atoms with van der Waals surface area (Å²) >= 11 is 8.02. The number of benzene rings is 2. The van der Waals surface area contributed by atoms with E-state index >= 15 is 0 Å². The molecule has 0 unspecified atom stereocenters. The van der Waals surface area contributed by atoms with Crippen LogP contribution in [0.4, 0.5) is 5.69 Å². The van der Waals surface area contributed by atoms with Gasteiger partial charge in [0.15, 0.2) is 0 Å². The van der Waals surface area contributed by atoms with Crippen LogP contribution in [0.3, 0.4) is 0 Å². The van der Waals surface area contributed by atoms with Crippen molar-refractivity contribution in [1.82, 2.24) is 9.29 Å². The summed E-state index contributed by atoms with van der Waals surface area (Å²) in [4.78, 5) is 17.8. The van der Waals surface area contributed by atoms with Gasteiger partial charge in [-0.3, -0.25) is 9.10 Å². The number of methoxy groups -OCH3 is 1. The monoisotopic (exact) mass is 413 g/mol. The van der Waals surface area contributed by atoms with E-state index in [0.29, 0.717) is 22.2 Å². The Kier molecular flexibility index (Phi) is 6.57. The molecular weight excluding hydrogens is 394 g/mol. The Morgan fingerprint density at radius 3 is 2.46 bits per heavy atom. The first kappa shape index (κ1) is 20.2. The van der Waals surface area contributed by atoms with Gasteiger partial charge in [-0.1, -0.05) is 23.7 Å². The molecule has 0 fully saturated rings. The number of amides is 1. The van der Waals surface area contributed by atoms with Gasteiger partial charge in [-0.2, -0.15) is 0 Å². The van der Waals surface area contributed by atoms with Gasteiger partial charge in [0.25, 0.3) is 5.91 Å². The average Bonchev–Trinajstić information content (AvgIpc) is 2.69. The molecule has 0 aliphatic heterocycles. The molecule has 0 bridgehead atoms. The van der Waals surface area contributed by atoms with Gasteiger partial charge in [0.05, 0.1) is 19.0 Å². The Hall–Kier alpha value is -2.54. The summed E-state index contributed by atoms with van der Waals surface area (Å²) in [5, 5.41) is 3.42. The molecule has 0 aliphatic carbocycles. The lowest BCUT2D eigenvalue weighted by molar-refractivity contribution is 0.102. The Balaban J connectivity index is 1.81. The van der Waals surface area contributed by atoms with E-state index in [-0.39, 0.29) is 5.91 Å². The number of ether oxygens (including phenoxy) is 1. The quantitative estimate of drug-likeness (QED) is 0.560. The van der Waals surface area contributed by atoms with E-state index in [0.717, 1.165) is 16.0 Å². The van der Waals surface area contributed by atoms with E-state index in [1.54, 1.807) is 55.6 Å². The molecule has 28 heavy (non-hydrogen) atoms. The van der Waals surface area contributed by atoms with E-state index in [2.05, 4.69) is 10.3 Å². The molecular formula is C21H20ClN3O2S. The van der Waals surface area contributed by atoms with Crippen LogP contribution in [-0.4, -0.2) is 36.4 Å². The van der Waals surface area contributed by atoms with E-state index in [9.17, 15) is 4.79 Å². The zero-order valence-electron chi connectivity index (χ0n) is 15.8. The van der Waals surface area contributed by atoms with Crippen LogP contribution in [0.15, 0.2) is 65.7 Å². The molecule has 1 amide bonds. The third-order valence-corrected chi connectivity index (χ3v) is 5.06. The average molecular weight is 414 g/mol. The second-order valence-corrected chi connectivity index (χ2v) is 7.96. The van der Waals surface area contributed by atoms with E-state index in [1.807, 2.05) is 42.7 Å². The Labute approximate surface area is 173 Å². The molecule has 5 nitrogen and oxygen atoms in total. The van der Waals surface area contributed by atoms with Crippen molar-refractivity contribution in [3.05, 3.63) is 71.4 Å². The summed E-state index contributed by atoms with van der Waals surface area (Å²) in [6, 6.07) is 16.7. The predicted molar refractivity (Wildman–Crippen MR) is 115 cm³/mol. The lowest BCUT2D eigenvalue weighted by atomic mass is 10.0. The van der Waals surface area contributed by atoms with Crippen LogP contribution in [-0.2, 0) is 0 Å². The van der Waals surface area contributed by atoms with Crippen LogP contribution in [0.5, 0.6) is 5.88 Å². The van der Waals surface area contributed by atoms with Crippen LogP contribution in [0.2, 0.25) is 5.02 Å². The molecule has 0 spiro atoms. The number of hydrogen-bond acceptors (Lipinski definition) is 5. The summed E-state index contributed by atoms with van der Waals surface area (Å²) < 4.78 is 7.05. The number of carbonyl (C=O) groups is 1. The fraction of sp³-hybridized carbons (Fsp3) is 0.143. The molecule has 1 heterocycles. The lowest BCUT2D eigenvalue weighted by Gasteiger charge is -2.11. The first-order valence-electron chi connectivity index (χ1n) is 8.53. The summed E-state index contributed by atoms with van der Waals surface area (Å²) in [6.45, 7) is 0. The first-order chi connectivity index (χ1) is 13.5. The van der Waals surface area contributed by atoms with Crippen molar-refractivity contribution in [3.63, 3.8) is 0 Å². The van der Waals surface area contributed by atoms with Crippen molar-refractivity contribution in [2.24, 2.45) is 0 Å². The molecule has 3 rings (SSSR count). The summed E-state index contributed by atoms with van der Waals surface area (Å²) in [7, 11) is 5.54. The van der Waals surface area contributed by atoms with Crippen molar-refractivity contribution in [2.45, 2.75) is 4.90 Å². The van der Waals surface area contributed by atoms with Crippen molar-refractivity contribution in [1.29, 1.82) is 0 Å². The maximum absolute atomic E-state index is 12.6. The Bertz CT molecular complexity index is 960. The third kappa shape index (κ3) is 5.04. The van der Waals surface area contributed by atoms with Gasteiger partial charge in [-0.25, -0.2) is 4.98 Å². The third-order valence-electron chi connectivity index (χ3n) is 3.89. The number of hydrogen-bond donors (Lipinski definition) is 1. The van der Waals surface area contributed by atoms with Gasteiger partial charge in [-0.05, 0) is 68.0 Å². The van der Waals surface area contributed by atoms with Crippen molar-refractivity contribution >= 4 is 35.1 Å². The van der Waals surface area contributed by atoms with Gasteiger partial charge in [0.2, 0.25) is 5.88 Å². The van der Waals surface area contributed by atoms with Crippen LogP contribution in [0.25, 0.3) is 11.1 Å². The molecule has 0 aliphatic rings. The standard InChI is InChI=1S/C21H20ClN3O2S/c1-25(2)28-17-8-4-14(5-9-17)18-12-15(6-10-19(18)22)21(26)24-16-7-11-20(27-3)23-13-16/h4-13H,1-3H3,(H,24,26). The number of carbonyl (C=O) groups excluding carboxylic acids is 1. The minimum Gasteiger partial charge on any atom is -0.481 e. The van der Waals surface area contributed by atoms with Crippen molar-refractivity contribution < 1.29 is 9.53 Å². The number of nitrogens with one attached hydrogen (secondary N) is 1. The number of nitrogens with zero attached hydrogens (tertiary/aromatic N) is 2. The number of pyridine rings is 1. The number of rotatable bonds is 6. The van der Waals surface area contributed by atoms with Crippen LogP contribution < -0.4 is 10.1 Å². The Morgan fingerprint density at radius 1 is 1.11 bits per heavy atom. The topological polar surface area (TPSA) is 54.5 Å². The van der Waals surface area contributed by atoms with Crippen LogP contribution >= 0.6 is 23.5 Å². The largest absolute Gasteiger partial charge is 0.481 e. The highest BCUT2D eigenvalue weighted by molar-refractivity contribution is 7.97. The maximum Gasteiger partial charge on any atom is 0.255 e. The molecule has 1 aromatic heterocycles. The molecule has 3 aromatic rings. The van der Waals surface area contributed by atoms with Gasteiger partial charge >= 0.3 is 0 Å². The van der Waals surface area contributed by atoms with E-state index in [4.69, 9.17) is 16.3 Å². The normalized spacial score (nSPS) is 10.8. The summed E-state index contributed by atoms with van der Waals surface area (Å²) in [5.74, 6) is 0.257. The number of anilines is 1. The molecule has 0 saturated carbocycles. The van der Waals surface area contributed by atoms with Crippen LogP contribution in [0.1, 0.15) is 10.4 Å². The Morgan fingerprint density at radius 2 is 1.86 bits per heavy atom. The van der Waals surface area contributed by atoms with Crippen molar-refractivity contribution in [2.75, 3.05) is 26.5 Å². The molecule has 2 aromatic carbocycles. The smallest absolute Gasteiger partial charge is 0.255 e. The highest BCUT2D eigenvalue weighted by atomic mass is 35.5. The van der Waals surface area contributed by atoms with Crippen LogP contribution in [0, 0.1) is 0 Å². The second kappa shape index (κ2) is 9.10. The molecule has 144 valence electrons. The zero-order valence-corrected chi connectivity index (χ0v) is 17.3. The second-order valence-electron chi connectivity index (χ2n) is 6.17. The first-order valence-corrected chi connectivity index (χ1v) is 9.68. The molecule has 1 N–H and O–H groups in total. The highest BCUT2D eigenvalue weighted by Gasteiger charge is 2.11. The fourth-order valence-corrected chi connectivity index (χ4v) is 3.48. The summed E-state index contributed by atoms with van der Waals surface area (Å²) in [6.07, 6.45) is 1.55. The predicted octanol–water partition coefficient (Wildman–Crippen LogP) is 5.23. The minimum atomic E-state index is -0.232. The maximum atomic E-state index is 12.6. The molecule has 0 saturated heterocycles. The molecule has 0 atom stereocenters. The van der Waals surface area contributed by atoms with Gasteiger partial charge in [0, 0.05) is 27.1 Å². The highest BCUT2D eigenvalue weighted by Crippen LogP contribution is 2.31. The van der Waals surface area contributed by atoms with Gasteiger partial charge in [-0.15, -0.1) is 0 Å². The minimum absolute atomic E-state index is 0.232. The summed E-state index contributed by atoms with van der Waals surface area (Å²) in [5.41, 5.74) is 2.87. The SMILES string of the molecule is COc1ccc(NC(=O)c2ccc(Cl)c(-c3ccc(SN(C)C)cc3)c2)cn1. The van der Waals surface area contributed by atoms with Gasteiger partial charge in [0.1, 0.15) is 0 Å².